The fourth-order valence-corrected chi connectivity index (χ4v) is 1.96. The normalized spacial score (nSPS) is 10.6. The van der Waals surface area contributed by atoms with E-state index in [2.05, 4.69) is 38.2 Å². The number of furan rings is 1. The number of amides is 1. The number of pyridine rings is 1. The summed E-state index contributed by atoms with van der Waals surface area (Å²) in [6.45, 7) is 1.90. The van der Waals surface area contributed by atoms with Gasteiger partial charge in [-0.15, -0.1) is 0 Å². The van der Waals surface area contributed by atoms with Crippen LogP contribution in [-0.2, 0) is 4.79 Å². The second-order valence-electron chi connectivity index (χ2n) is 4.06. The molecule has 7 heteroatoms. The highest BCUT2D eigenvalue weighted by Gasteiger charge is 2.04. The standard InChI is InChI=1S/C14H12IN3O2S/c1-9-11(15)5-6-12(16-9)17-14(21)18-13(19)7-4-10-3-2-8-20-10/h2-8H,1H3,(H2,16,17,18,19,21)/b7-4+. The Morgan fingerprint density at radius 3 is 2.90 bits per heavy atom. The van der Waals surface area contributed by atoms with Crippen LogP contribution in [-0.4, -0.2) is 16.0 Å². The van der Waals surface area contributed by atoms with Gasteiger partial charge in [-0.25, -0.2) is 4.98 Å². The predicted molar refractivity (Wildman–Crippen MR) is 93.8 cm³/mol. The lowest BCUT2D eigenvalue weighted by Crippen LogP contribution is -2.33. The van der Waals surface area contributed by atoms with Gasteiger partial charge in [-0.3, -0.25) is 10.1 Å². The summed E-state index contributed by atoms with van der Waals surface area (Å²) in [5, 5.41) is 5.59. The van der Waals surface area contributed by atoms with Crippen LogP contribution in [0.5, 0.6) is 0 Å². The molecule has 0 spiro atoms. The fourth-order valence-electron chi connectivity index (χ4n) is 1.46. The Kier molecular flexibility index (Phi) is 5.45. The maximum absolute atomic E-state index is 11.7. The van der Waals surface area contributed by atoms with Crippen molar-refractivity contribution in [2.45, 2.75) is 6.92 Å². The lowest BCUT2D eigenvalue weighted by atomic mass is 10.4. The Hall–Kier alpha value is -1.74. The van der Waals surface area contributed by atoms with Gasteiger partial charge in [0.15, 0.2) is 5.11 Å². The van der Waals surface area contributed by atoms with Crippen molar-refractivity contribution < 1.29 is 9.21 Å². The number of hydrogen-bond donors (Lipinski definition) is 2. The number of anilines is 1. The van der Waals surface area contributed by atoms with Crippen LogP contribution in [0.15, 0.2) is 41.0 Å². The molecule has 0 aliphatic carbocycles. The van der Waals surface area contributed by atoms with Crippen molar-refractivity contribution in [1.82, 2.24) is 10.3 Å². The number of carbonyl (C=O) groups is 1. The Balaban J connectivity index is 1.89. The van der Waals surface area contributed by atoms with E-state index in [4.69, 9.17) is 16.6 Å². The van der Waals surface area contributed by atoms with Crippen molar-refractivity contribution in [3.05, 3.63) is 51.6 Å². The van der Waals surface area contributed by atoms with Gasteiger partial charge in [0.05, 0.1) is 12.0 Å². The fraction of sp³-hybridized carbons (Fsp3) is 0.0714. The minimum Gasteiger partial charge on any atom is -0.465 e. The van der Waals surface area contributed by atoms with Gasteiger partial charge >= 0.3 is 0 Å². The third-order valence-electron chi connectivity index (χ3n) is 2.44. The smallest absolute Gasteiger partial charge is 0.250 e. The summed E-state index contributed by atoms with van der Waals surface area (Å²) in [6.07, 6.45) is 4.44. The molecule has 0 fully saturated rings. The first-order valence-corrected chi connectivity index (χ1v) is 7.50. The monoisotopic (exact) mass is 413 g/mol. The van der Waals surface area contributed by atoms with Crippen molar-refractivity contribution in [2.75, 3.05) is 5.32 Å². The summed E-state index contributed by atoms with van der Waals surface area (Å²) in [5.74, 6) is 0.846. The summed E-state index contributed by atoms with van der Waals surface area (Å²) in [5.41, 5.74) is 0.896. The molecule has 0 aliphatic heterocycles. The van der Waals surface area contributed by atoms with E-state index in [1.54, 1.807) is 24.3 Å². The van der Waals surface area contributed by atoms with Gasteiger partial charge in [0.25, 0.3) is 0 Å². The number of halogens is 1. The lowest BCUT2D eigenvalue weighted by Gasteiger charge is -2.08. The van der Waals surface area contributed by atoms with Gasteiger partial charge in [0.2, 0.25) is 5.91 Å². The predicted octanol–water partition coefficient (Wildman–Crippen LogP) is 3.11. The largest absolute Gasteiger partial charge is 0.465 e. The van der Waals surface area contributed by atoms with E-state index in [-0.39, 0.29) is 11.0 Å². The molecule has 0 aromatic carbocycles. The summed E-state index contributed by atoms with van der Waals surface area (Å²) >= 11 is 7.26. The molecule has 2 rings (SSSR count). The summed E-state index contributed by atoms with van der Waals surface area (Å²) in [7, 11) is 0. The van der Waals surface area contributed by atoms with E-state index in [0.717, 1.165) is 9.26 Å². The number of aromatic nitrogens is 1. The summed E-state index contributed by atoms with van der Waals surface area (Å²) in [4.78, 5) is 16.0. The average molecular weight is 413 g/mol. The van der Waals surface area contributed by atoms with Crippen LogP contribution in [0, 0.1) is 10.5 Å². The first kappa shape index (κ1) is 15.6. The number of aryl methyl sites for hydroxylation is 1. The maximum Gasteiger partial charge on any atom is 0.250 e. The molecule has 1 amide bonds. The molecule has 0 unspecified atom stereocenters. The molecular weight excluding hydrogens is 401 g/mol. The molecule has 0 saturated heterocycles. The minimum atomic E-state index is -0.342. The first-order chi connectivity index (χ1) is 10.0. The molecule has 21 heavy (non-hydrogen) atoms. The maximum atomic E-state index is 11.7. The highest BCUT2D eigenvalue weighted by Crippen LogP contribution is 2.12. The molecule has 2 aromatic rings. The van der Waals surface area contributed by atoms with Crippen molar-refractivity contribution in [1.29, 1.82) is 0 Å². The molecule has 0 aliphatic rings. The van der Waals surface area contributed by atoms with Gasteiger partial charge in [-0.2, -0.15) is 0 Å². The number of thiocarbonyl (C=S) groups is 1. The molecular formula is C14H12IN3O2S. The quantitative estimate of drug-likeness (QED) is 0.460. The topological polar surface area (TPSA) is 67.2 Å². The van der Waals surface area contributed by atoms with Crippen LogP contribution in [0.2, 0.25) is 0 Å². The molecule has 2 aromatic heterocycles. The van der Waals surface area contributed by atoms with E-state index in [1.807, 2.05) is 13.0 Å². The highest BCUT2D eigenvalue weighted by molar-refractivity contribution is 14.1. The zero-order valence-corrected chi connectivity index (χ0v) is 14.1. The molecule has 0 atom stereocenters. The van der Waals surface area contributed by atoms with Gasteiger partial charge < -0.3 is 9.73 Å². The second-order valence-corrected chi connectivity index (χ2v) is 5.63. The van der Waals surface area contributed by atoms with E-state index in [1.165, 1.54) is 12.3 Å². The molecule has 5 nitrogen and oxygen atoms in total. The van der Waals surface area contributed by atoms with Crippen LogP contribution < -0.4 is 10.6 Å². The molecule has 0 radical (unpaired) electrons. The van der Waals surface area contributed by atoms with E-state index in [9.17, 15) is 4.79 Å². The Bertz CT molecular complexity index is 684. The highest BCUT2D eigenvalue weighted by atomic mass is 127. The minimum absolute atomic E-state index is 0.192. The number of rotatable bonds is 3. The molecule has 108 valence electrons. The van der Waals surface area contributed by atoms with Crippen molar-refractivity contribution in [2.24, 2.45) is 0 Å². The van der Waals surface area contributed by atoms with E-state index in [0.29, 0.717) is 11.6 Å². The van der Waals surface area contributed by atoms with Gasteiger partial charge in [0.1, 0.15) is 11.6 Å². The SMILES string of the molecule is Cc1nc(NC(=S)NC(=O)/C=C/c2ccco2)ccc1I. The zero-order valence-electron chi connectivity index (χ0n) is 11.1. The third-order valence-corrected chi connectivity index (χ3v) is 3.79. The number of carbonyl (C=O) groups excluding carboxylic acids is 1. The van der Waals surface area contributed by atoms with Gasteiger partial charge in [-0.05, 0) is 72.1 Å². The number of hydrogen-bond acceptors (Lipinski definition) is 4. The van der Waals surface area contributed by atoms with Crippen LogP contribution in [0.1, 0.15) is 11.5 Å². The summed E-state index contributed by atoms with van der Waals surface area (Å²) in [6, 6.07) is 7.21. The third kappa shape index (κ3) is 4.94. The average Bonchev–Trinajstić information content (AvgIpc) is 2.94. The van der Waals surface area contributed by atoms with E-state index < -0.39 is 0 Å². The lowest BCUT2D eigenvalue weighted by molar-refractivity contribution is -0.115. The number of nitrogens with zero attached hydrogens (tertiary/aromatic N) is 1. The molecule has 0 saturated carbocycles. The second kappa shape index (κ2) is 7.32. The van der Waals surface area contributed by atoms with E-state index >= 15 is 0 Å². The first-order valence-electron chi connectivity index (χ1n) is 6.01. The van der Waals surface area contributed by atoms with Crippen LogP contribution >= 0.6 is 34.8 Å². The molecule has 2 heterocycles. The molecule has 2 N–H and O–H groups in total. The van der Waals surface area contributed by atoms with Crippen LogP contribution in [0.25, 0.3) is 6.08 Å². The van der Waals surface area contributed by atoms with Crippen molar-refractivity contribution in [3.8, 4) is 0 Å². The van der Waals surface area contributed by atoms with Crippen molar-refractivity contribution >= 4 is 57.7 Å². The Morgan fingerprint density at radius 1 is 1.43 bits per heavy atom. The zero-order chi connectivity index (χ0) is 15.2. The summed E-state index contributed by atoms with van der Waals surface area (Å²) < 4.78 is 6.15. The van der Waals surface area contributed by atoms with Gasteiger partial charge in [0, 0.05) is 9.65 Å². The number of nitrogens with one attached hydrogen (secondary N) is 2. The van der Waals surface area contributed by atoms with Gasteiger partial charge in [-0.1, -0.05) is 0 Å². The van der Waals surface area contributed by atoms with Crippen molar-refractivity contribution in [3.63, 3.8) is 0 Å². The van der Waals surface area contributed by atoms with Crippen LogP contribution in [0.4, 0.5) is 5.82 Å². The Morgan fingerprint density at radius 2 is 2.24 bits per heavy atom. The van der Waals surface area contributed by atoms with Crippen LogP contribution in [0.3, 0.4) is 0 Å². The Labute approximate surface area is 141 Å². The molecule has 0 bridgehead atoms.